The van der Waals surface area contributed by atoms with Crippen molar-refractivity contribution in [3.05, 3.63) is 0 Å². The van der Waals surface area contributed by atoms with E-state index < -0.39 is 8.30 Å². The van der Waals surface area contributed by atoms with Gasteiger partial charge in [-0.25, -0.2) is 0 Å². The van der Waals surface area contributed by atoms with E-state index in [1.165, 1.54) is 0 Å². The Kier molecular flexibility index (Phi) is 7.96. The van der Waals surface area contributed by atoms with Gasteiger partial charge in [0.15, 0.2) is 0 Å². The van der Waals surface area contributed by atoms with Crippen molar-refractivity contribution < 1.29 is 10.6 Å². The number of rotatable bonds is 9. The van der Waals surface area contributed by atoms with E-state index in [4.69, 9.17) is 15.9 Å². The fourth-order valence-electron chi connectivity index (χ4n) is 2.97. The zero-order chi connectivity index (χ0) is 16.7. The standard InChI is InChI=1S/C16H31N2O2P/c1-13(2)18(14(3)4)21(11-7-10-17)20-16-9-6-8-15(16)12-19-5/h13-16H,6-9,11-12H2,1-5H3/t15-,16?,21?/m1/s1/i6T/t6?,15-,16?,21?. The monoisotopic (exact) mass is 316 g/mol. The molecule has 0 aromatic heterocycles. The van der Waals surface area contributed by atoms with Crippen LogP contribution in [0.4, 0.5) is 0 Å². The highest BCUT2D eigenvalue weighted by atomic mass is 31.2. The molecule has 1 aliphatic rings. The smallest absolute Gasteiger partial charge is 0.106 e. The van der Waals surface area contributed by atoms with Crippen molar-refractivity contribution in [1.29, 1.82) is 5.26 Å². The van der Waals surface area contributed by atoms with Crippen LogP contribution >= 0.6 is 8.30 Å². The molecule has 0 spiro atoms. The van der Waals surface area contributed by atoms with Crippen LogP contribution in [0.1, 0.15) is 54.7 Å². The van der Waals surface area contributed by atoms with Crippen LogP contribution in [0.15, 0.2) is 0 Å². The Morgan fingerprint density at radius 1 is 1.33 bits per heavy atom. The first-order valence-electron chi connectivity index (χ1n) is 8.49. The summed E-state index contributed by atoms with van der Waals surface area (Å²) < 4.78 is 22.2. The third kappa shape index (κ3) is 5.83. The Morgan fingerprint density at radius 3 is 2.52 bits per heavy atom. The zero-order valence-corrected chi connectivity index (χ0v) is 15.0. The van der Waals surface area contributed by atoms with Crippen LogP contribution < -0.4 is 0 Å². The summed E-state index contributed by atoms with van der Waals surface area (Å²) in [6.45, 7) is 9.38. The lowest BCUT2D eigenvalue weighted by molar-refractivity contribution is 0.0823. The Morgan fingerprint density at radius 2 is 2.00 bits per heavy atom. The van der Waals surface area contributed by atoms with Crippen molar-refractivity contribution in [3.8, 4) is 6.07 Å². The van der Waals surface area contributed by atoms with Gasteiger partial charge in [0.1, 0.15) is 8.30 Å². The third-order valence-corrected chi connectivity index (χ3v) is 6.32. The molecule has 21 heavy (non-hydrogen) atoms. The molecule has 1 saturated carbocycles. The third-order valence-electron chi connectivity index (χ3n) is 3.76. The summed E-state index contributed by atoms with van der Waals surface area (Å²) in [4.78, 5) is 0. The van der Waals surface area contributed by atoms with Crippen molar-refractivity contribution in [2.75, 3.05) is 19.9 Å². The molecule has 122 valence electrons. The number of hydrogen-bond donors (Lipinski definition) is 0. The molecule has 1 fully saturated rings. The summed E-state index contributed by atoms with van der Waals surface area (Å²) in [5, 5.41) is 8.95. The van der Waals surface area contributed by atoms with Gasteiger partial charge in [-0.1, -0.05) is 6.40 Å². The summed E-state index contributed by atoms with van der Waals surface area (Å²) in [7, 11) is 0.905. The predicted octanol–water partition coefficient (Wildman–Crippen LogP) is 4.16. The average Bonchev–Trinajstić information content (AvgIpc) is 2.75. The first kappa shape index (κ1) is 17.2. The van der Waals surface area contributed by atoms with Crippen LogP contribution in [0, 0.1) is 17.2 Å². The summed E-state index contributed by atoms with van der Waals surface area (Å²) in [5.41, 5.74) is 0. The molecular weight excluding hydrogens is 283 g/mol. The molecule has 0 bridgehead atoms. The molecule has 4 nitrogen and oxygen atoms in total. The first-order chi connectivity index (χ1) is 10.4. The van der Waals surface area contributed by atoms with Crippen LogP contribution in [-0.2, 0) is 9.26 Å². The highest BCUT2D eigenvalue weighted by Gasteiger charge is 2.33. The largest absolute Gasteiger partial charge is 0.384 e. The summed E-state index contributed by atoms with van der Waals surface area (Å²) in [6, 6.07) is 3.02. The maximum Gasteiger partial charge on any atom is 0.106 e. The normalized spacial score (nSPS) is 28.1. The highest BCUT2D eigenvalue weighted by molar-refractivity contribution is 7.50. The molecule has 0 aliphatic heterocycles. The van der Waals surface area contributed by atoms with Crippen LogP contribution in [0.3, 0.4) is 0 Å². The fourth-order valence-corrected chi connectivity index (χ4v) is 5.31. The quantitative estimate of drug-likeness (QED) is 0.599. The van der Waals surface area contributed by atoms with Gasteiger partial charge in [-0.2, -0.15) is 5.26 Å². The summed E-state index contributed by atoms with van der Waals surface area (Å²) >= 11 is 0. The Labute approximate surface area is 133 Å². The molecule has 0 N–H and O–H groups in total. The van der Waals surface area contributed by atoms with Crippen LogP contribution in [-0.4, -0.2) is 42.7 Å². The molecule has 1 aliphatic carbocycles. The second-order valence-electron chi connectivity index (χ2n) is 6.17. The number of nitriles is 1. The van der Waals surface area contributed by atoms with E-state index in [9.17, 15) is 0 Å². The minimum absolute atomic E-state index is 0.0514. The van der Waals surface area contributed by atoms with Crippen molar-refractivity contribution in [2.45, 2.75) is 71.5 Å². The number of nitrogens with zero attached hydrogens (tertiary/aromatic N) is 2. The molecule has 0 heterocycles. The zero-order valence-electron chi connectivity index (χ0n) is 15.1. The molecule has 5 heteroatoms. The van der Waals surface area contributed by atoms with Gasteiger partial charge in [-0.3, -0.25) is 4.67 Å². The fraction of sp³-hybridized carbons (Fsp3) is 0.938. The molecule has 0 saturated heterocycles. The second kappa shape index (κ2) is 9.74. The summed E-state index contributed by atoms with van der Waals surface area (Å²) in [6.07, 6.45) is 2.97. The Hall–Kier alpha value is -0.200. The number of hydrogen-bond acceptors (Lipinski definition) is 4. The van der Waals surface area contributed by atoms with E-state index in [2.05, 4.69) is 38.4 Å². The molecule has 0 radical (unpaired) electrons. The number of ether oxygens (including phenoxy) is 1. The molecular formula is C16H31N2O2P. The lowest BCUT2D eigenvalue weighted by atomic mass is 10.1. The molecule has 0 aromatic carbocycles. The van der Waals surface area contributed by atoms with Crippen molar-refractivity contribution in [1.82, 2.24) is 4.67 Å². The van der Waals surface area contributed by atoms with Crippen LogP contribution in [0.25, 0.3) is 0 Å². The lowest BCUT2D eigenvalue weighted by Crippen LogP contribution is -2.35. The topological polar surface area (TPSA) is 45.5 Å². The summed E-state index contributed by atoms with van der Waals surface area (Å²) in [5.74, 6) is 0.306. The van der Waals surface area contributed by atoms with Crippen molar-refractivity contribution in [2.24, 2.45) is 5.92 Å². The van der Waals surface area contributed by atoms with E-state index >= 15 is 0 Å². The first-order valence-corrected chi connectivity index (χ1v) is 9.31. The molecule has 4 atom stereocenters. The molecule has 0 amide bonds. The van der Waals surface area contributed by atoms with E-state index in [1.54, 1.807) is 7.11 Å². The number of methoxy groups -OCH3 is 1. The minimum Gasteiger partial charge on any atom is -0.384 e. The maximum atomic E-state index is 8.95. The van der Waals surface area contributed by atoms with Gasteiger partial charge < -0.3 is 9.26 Å². The van der Waals surface area contributed by atoms with Crippen LogP contribution in [0.2, 0.25) is 0 Å². The molecule has 0 aromatic rings. The van der Waals surface area contributed by atoms with Gasteiger partial charge in [-0.05, 0) is 40.5 Å². The van der Waals surface area contributed by atoms with Gasteiger partial charge in [0, 0.05) is 39.1 Å². The van der Waals surface area contributed by atoms with Gasteiger partial charge in [-0.15, -0.1) is 0 Å². The highest BCUT2D eigenvalue weighted by Crippen LogP contribution is 2.49. The maximum absolute atomic E-state index is 8.95. The second-order valence-corrected chi connectivity index (χ2v) is 8.00. The van der Waals surface area contributed by atoms with Gasteiger partial charge in [0.25, 0.3) is 0 Å². The van der Waals surface area contributed by atoms with Crippen molar-refractivity contribution >= 4 is 8.30 Å². The van der Waals surface area contributed by atoms with E-state index in [0.29, 0.717) is 31.0 Å². The van der Waals surface area contributed by atoms with Gasteiger partial charge in [0.05, 0.1) is 18.8 Å². The minimum atomic E-state index is -0.804. The van der Waals surface area contributed by atoms with Crippen LogP contribution in [0.5, 0.6) is 0 Å². The van der Waals surface area contributed by atoms with Gasteiger partial charge in [0.2, 0.25) is 0 Å². The predicted molar refractivity (Wildman–Crippen MR) is 88.2 cm³/mol. The SMILES string of the molecule is [3H]C1CC(OP(CCC#N)N(C(C)C)C(C)C)[C@@H](COC)C1. The molecule has 1 rings (SSSR count). The average molecular weight is 316 g/mol. The Balaban J connectivity index is 2.80. The van der Waals surface area contributed by atoms with E-state index in [0.717, 1.165) is 19.0 Å². The molecule has 3 unspecified atom stereocenters. The lowest BCUT2D eigenvalue weighted by Gasteiger charge is -2.39. The Bertz CT molecular complexity index is 355. The van der Waals surface area contributed by atoms with Crippen molar-refractivity contribution in [3.63, 3.8) is 0 Å². The van der Waals surface area contributed by atoms with Gasteiger partial charge >= 0.3 is 0 Å². The van der Waals surface area contributed by atoms with E-state index in [-0.39, 0.29) is 12.5 Å². The van der Waals surface area contributed by atoms with E-state index in [1.807, 2.05) is 0 Å².